The molecule has 2 aliphatic rings. The Morgan fingerprint density at radius 3 is 2.75 bits per heavy atom. The molecule has 2 N–H and O–H groups in total. The largest absolute Gasteiger partial charge is 0.327 e. The summed E-state index contributed by atoms with van der Waals surface area (Å²) >= 11 is 0. The molecular formula is C11H19N. The van der Waals surface area contributed by atoms with E-state index in [1.54, 1.807) is 0 Å². The third-order valence-electron chi connectivity index (χ3n) is 3.86. The molecule has 2 fully saturated rings. The van der Waals surface area contributed by atoms with Gasteiger partial charge in [0.25, 0.3) is 0 Å². The van der Waals surface area contributed by atoms with E-state index < -0.39 is 0 Å². The number of hydrogen-bond donors (Lipinski definition) is 1. The highest BCUT2D eigenvalue weighted by Crippen LogP contribution is 2.47. The summed E-state index contributed by atoms with van der Waals surface area (Å²) in [7, 11) is 0. The standard InChI is InChI=1S/C11H19N/c1-7(2)10-6-8-4-3-5-9(10)11(8)12/h8-11H,1,3-6,12H2,2H3. The van der Waals surface area contributed by atoms with Gasteiger partial charge in [0, 0.05) is 6.04 Å². The van der Waals surface area contributed by atoms with E-state index >= 15 is 0 Å². The lowest BCUT2D eigenvalue weighted by Gasteiger charge is -2.28. The molecule has 0 spiro atoms. The number of allylic oxidation sites excluding steroid dienone is 1. The fourth-order valence-electron chi connectivity index (χ4n) is 3.16. The van der Waals surface area contributed by atoms with Gasteiger partial charge in [-0.3, -0.25) is 0 Å². The van der Waals surface area contributed by atoms with E-state index in [-0.39, 0.29) is 0 Å². The molecule has 12 heavy (non-hydrogen) atoms. The first kappa shape index (κ1) is 8.31. The Hall–Kier alpha value is -0.300. The third-order valence-corrected chi connectivity index (χ3v) is 3.86. The molecule has 2 saturated carbocycles. The summed E-state index contributed by atoms with van der Waals surface area (Å²) in [5.74, 6) is 2.32. The van der Waals surface area contributed by atoms with Crippen molar-refractivity contribution in [3.05, 3.63) is 12.2 Å². The second kappa shape index (κ2) is 2.88. The minimum atomic E-state index is 0.487. The van der Waals surface area contributed by atoms with Gasteiger partial charge >= 0.3 is 0 Å². The predicted octanol–water partition coefficient (Wildman–Crippen LogP) is 2.33. The fourth-order valence-corrected chi connectivity index (χ4v) is 3.16. The molecule has 0 aromatic carbocycles. The molecule has 1 heteroatoms. The second-order valence-corrected chi connectivity index (χ2v) is 4.62. The van der Waals surface area contributed by atoms with E-state index in [0.29, 0.717) is 6.04 Å². The van der Waals surface area contributed by atoms with Crippen LogP contribution in [0.25, 0.3) is 0 Å². The average molecular weight is 165 g/mol. The van der Waals surface area contributed by atoms with Crippen molar-refractivity contribution in [2.75, 3.05) is 0 Å². The Labute approximate surface area is 75.0 Å². The van der Waals surface area contributed by atoms with Gasteiger partial charge in [-0.1, -0.05) is 18.6 Å². The van der Waals surface area contributed by atoms with Gasteiger partial charge < -0.3 is 5.73 Å². The quantitative estimate of drug-likeness (QED) is 0.593. The topological polar surface area (TPSA) is 26.0 Å². The van der Waals surface area contributed by atoms with E-state index in [0.717, 1.165) is 17.8 Å². The molecule has 2 bridgehead atoms. The lowest BCUT2D eigenvalue weighted by Crippen LogP contribution is -2.35. The molecule has 0 heterocycles. The lowest BCUT2D eigenvalue weighted by molar-refractivity contribution is 0.289. The monoisotopic (exact) mass is 165 g/mol. The summed E-state index contributed by atoms with van der Waals surface area (Å²) < 4.78 is 0. The lowest BCUT2D eigenvalue weighted by atomic mass is 9.81. The first-order chi connectivity index (χ1) is 5.70. The van der Waals surface area contributed by atoms with Crippen LogP contribution >= 0.6 is 0 Å². The highest BCUT2D eigenvalue weighted by molar-refractivity contribution is 5.09. The van der Waals surface area contributed by atoms with Gasteiger partial charge in [0.2, 0.25) is 0 Å². The van der Waals surface area contributed by atoms with E-state index in [4.69, 9.17) is 5.73 Å². The molecule has 0 aromatic rings. The van der Waals surface area contributed by atoms with Gasteiger partial charge in [-0.25, -0.2) is 0 Å². The maximum absolute atomic E-state index is 6.17. The maximum atomic E-state index is 6.17. The first-order valence-electron chi connectivity index (χ1n) is 5.11. The van der Waals surface area contributed by atoms with Crippen LogP contribution in [0.1, 0.15) is 32.6 Å². The van der Waals surface area contributed by atoms with Crippen LogP contribution in [0, 0.1) is 17.8 Å². The van der Waals surface area contributed by atoms with Crippen molar-refractivity contribution in [2.24, 2.45) is 23.5 Å². The summed E-state index contributed by atoms with van der Waals surface area (Å²) in [6, 6.07) is 0.487. The molecule has 4 atom stereocenters. The number of nitrogens with two attached hydrogens (primary N) is 1. The minimum Gasteiger partial charge on any atom is -0.327 e. The molecule has 4 unspecified atom stereocenters. The van der Waals surface area contributed by atoms with Crippen LogP contribution in [0.15, 0.2) is 12.2 Å². The van der Waals surface area contributed by atoms with Crippen molar-refractivity contribution in [3.63, 3.8) is 0 Å². The highest BCUT2D eigenvalue weighted by Gasteiger charge is 2.43. The normalized spacial score (nSPS) is 46.2. The summed E-state index contributed by atoms with van der Waals surface area (Å²) in [5.41, 5.74) is 7.53. The average Bonchev–Trinajstić information content (AvgIpc) is 2.27. The van der Waals surface area contributed by atoms with Gasteiger partial charge in [0.15, 0.2) is 0 Å². The molecule has 0 saturated heterocycles. The van der Waals surface area contributed by atoms with Crippen LogP contribution in [-0.2, 0) is 0 Å². The molecule has 68 valence electrons. The highest BCUT2D eigenvalue weighted by atomic mass is 14.7. The summed E-state index contributed by atoms with van der Waals surface area (Å²) in [4.78, 5) is 0. The van der Waals surface area contributed by atoms with E-state index in [2.05, 4.69) is 13.5 Å². The van der Waals surface area contributed by atoms with Crippen LogP contribution in [0.2, 0.25) is 0 Å². The molecule has 0 amide bonds. The van der Waals surface area contributed by atoms with Crippen molar-refractivity contribution in [1.29, 1.82) is 0 Å². The van der Waals surface area contributed by atoms with Gasteiger partial charge in [0.1, 0.15) is 0 Å². The molecule has 0 aliphatic heterocycles. The van der Waals surface area contributed by atoms with Crippen molar-refractivity contribution in [1.82, 2.24) is 0 Å². The molecule has 0 aromatic heterocycles. The summed E-state index contributed by atoms with van der Waals surface area (Å²) in [6.07, 6.45) is 5.42. The van der Waals surface area contributed by atoms with Crippen molar-refractivity contribution in [3.8, 4) is 0 Å². The molecule has 2 rings (SSSR count). The SMILES string of the molecule is C=C(C)C1CC2CCCC1C2N. The summed E-state index contributed by atoms with van der Waals surface area (Å²) in [5, 5.41) is 0. The number of rotatable bonds is 1. The Balaban J connectivity index is 2.16. The molecule has 0 radical (unpaired) electrons. The maximum Gasteiger partial charge on any atom is 0.0102 e. The zero-order chi connectivity index (χ0) is 8.72. The predicted molar refractivity (Wildman–Crippen MR) is 51.7 cm³/mol. The summed E-state index contributed by atoms with van der Waals surface area (Å²) in [6.45, 7) is 6.24. The van der Waals surface area contributed by atoms with Crippen LogP contribution in [0.4, 0.5) is 0 Å². The van der Waals surface area contributed by atoms with E-state index in [1.165, 1.54) is 31.3 Å². The smallest absolute Gasteiger partial charge is 0.0102 e. The van der Waals surface area contributed by atoms with Crippen LogP contribution in [0.3, 0.4) is 0 Å². The van der Waals surface area contributed by atoms with Crippen molar-refractivity contribution >= 4 is 0 Å². The molecular weight excluding hydrogens is 146 g/mol. The van der Waals surface area contributed by atoms with Crippen molar-refractivity contribution in [2.45, 2.75) is 38.6 Å². The second-order valence-electron chi connectivity index (χ2n) is 4.62. The zero-order valence-corrected chi connectivity index (χ0v) is 7.92. The van der Waals surface area contributed by atoms with Gasteiger partial charge in [0.05, 0.1) is 0 Å². The van der Waals surface area contributed by atoms with E-state index in [9.17, 15) is 0 Å². The molecule has 2 aliphatic carbocycles. The van der Waals surface area contributed by atoms with Crippen molar-refractivity contribution < 1.29 is 0 Å². The third kappa shape index (κ3) is 1.11. The van der Waals surface area contributed by atoms with Gasteiger partial charge in [-0.15, -0.1) is 0 Å². The van der Waals surface area contributed by atoms with Crippen LogP contribution in [-0.4, -0.2) is 6.04 Å². The van der Waals surface area contributed by atoms with Crippen LogP contribution in [0.5, 0.6) is 0 Å². The van der Waals surface area contributed by atoms with Gasteiger partial charge in [-0.2, -0.15) is 0 Å². The Morgan fingerprint density at radius 2 is 2.17 bits per heavy atom. The van der Waals surface area contributed by atoms with E-state index in [1.807, 2.05) is 0 Å². The van der Waals surface area contributed by atoms with Crippen LogP contribution < -0.4 is 5.73 Å². The van der Waals surface area contributed by atoms with Gasteiger partial charge in [-0.05, 0) is 43.9 Å². The zero-order valence-electron chi connectivity index (χ0n) is 7.92. The fraction of sp³-hybridized carbons (Fsp3) is 0.818. The first-order valence-corrected chi connectivity index (χ1v) is 5.11. The Kier molecular flexibility index (Phi) is 1.99. The Morgan fingerprint density at radius 1 is 1.42 bits per heavy atom. The Bertz CT molecular complexity index is 197. The number of fused-ring (bicyclic) bond motifs is 2. The minimum absolute atomic E-state index is 0.487. The molecule has 1 nitrogen and oxygen atoms in total. The number of hydrogen-bond acceptors (Lipinski definition) is 1.